The topological polar surface area (TPSA) is 73.6 Å². The predicted molar refractivity (Wildman–Crippen MR) is 88.4 cm³/mol. The molecule has 1 aromatic carbocycles. The van der Waals surface area contributed by atoms with E-state index in [2.05, 4.69) is 10.1 Å². The van der Waals surface area contributed by atoms with E-state index >= 15 is 0 Å². The molecule has 1 saturated heterocycles. The second-order valence-corrected chi connectivity index (χ2v) is 5.71. The first-order chi connectivity index (χ1) is 11.0. The van der Waals surface area contributed by atoms with Gasteiger partial charge in [-0.25, -0.2) is 0 Å². The number of nitrogens with one attached hydrogen (secondary N) is 1. The molecule has 1 unspecified atom stereocenters. The molecule has 0 spiro atoms. The zero-order valence-electron chi connectivity index (χ0n) is 13.5. The molecule has 3 N–H and O–H groups in total. The van der Waals surface area contributed by atoms with Gasteiger partial charge in [0.05, 0.1) is 11.5 Å². The Hall–Kier alpha value is -1.44. The molecule has 1 fully saturated rings. The zero-order valence-corrected chi connectivity index (χ0v) is 14.3. The van der Waals surface area contributed by atoms with Gasteiger partial charge >= 0.3 is 6.61 Å². The van der Waals surface area contributed by atoms with Crippen LogP contribution in [0, 0.1) is 5.41 Å². The Bertz CT molecular complexity index is 540. The summed E-state index contributed by atoms with van der Waals surface area (Å²) in [6.45, 7) is 0.0258. The van der Waals surface area contributed by atoms with E-state index < -0.39 is 18.1 Å². The highest BCUT2D eigenvalue weighted by molar-refractivity contribution is 5.85. The summed E-state index contributed by atoms with van der Waals surface area (Å²) in [5, 5.41) is 2.87. The lowest BCUT2D eigenvalue weighted by Gasteiger charge is -2.35. The van der Waals surface area contributed by atoms with Gasteiger partial charge in [0.2, 0.25) is 5.91 Å². The van der Waals surface area contributed by atoms with E-state index in [-0.39, 0.29) is 30.6 Å². The average Bonchev–Trinajstić information content (AvgIpc) is 2.55. The first kappa shape index (κ1) is 20.6. The molecule has 8 heteroatoms. The summed E-state index contributed by atoms with van der Waals surface area (Å²) < 4.78 is 34.8. The van der Waals surface area contributed by atoms with E-state index in [1.165, 1.54) is 6.07 Å². The van der Waals surface area contributed by atoms with Crippen molar-refractivity contribution >= 4 is 18.3 Å². The van der Waals surface area contributed by atoms with Crippen molar-refractivity contribution in [2.75, 3.05) is 19.8 Å². The number of nitrogens with two attached hydrogens (primary N) is 1. The minimum Gasteiger partial charge on any atom is -0.434 e. The van der Waals surface area contributed by atoms with Crippen molar-refractivity contribution in [3.63, 3.8) is 0 Å². The van der Waals surface area contributed by atoms with E-state index in [1.54, 1.807) is 25.1 Å². The lowest BCUT2D eigenvalue weighted by atomic mass is 9.79. The summed E-state index contributed by atoms with van der Waals surface area (Å²) in [4.78, 5) is 12.6. The van der Waals surface area contributed by atoms with Crippen molar-refractivity contribution in [1.29, 1.82) is 0 Å². The minimum atomic E-state index is -2.91. The Labute approximate surface area is 146 Å². The summed E-state index contributed by atoms with van der Waals surface area (Å²) in [5.74, 6) is -0.119. The minimum absolute atomic E-state index is 0. The van der Waals surface area contributed by atoms with Crippen LogP contribution in [0.5, 0.6) is 5.75 Å². The van der Waals surface area contributed by atoms with Gasteiger partial charge in [-0.05, 0) is 25.8 Å². The van der Waals surface area contributed by atoms with Crippen molar-refractivity contribution < 1.29 is 23.0 Å². The Morgan fingerprint density at radius 3 is 2.58 bits per heavy atom. The van der Waals surface area contributed by atoms with Crippen LogP contribution < -0.4 is 15.8 Å². The molecule has 1 amide bonds. The molecule has 136 valence electrons. The third-order valence-electron chi connectivity index (χ3n) is 4.27. The van der Waals surface area contributed by atoms with Gasteiger partial charge in [0, 0.05) is 25.3 Å². The number of halogens is 3. The number of amides is 1. The quantitative estimate of drug-likeness (QED) is 0.813. The van der Waals surface area contributed by atoms with Gasteiger partial charge in [-0.3, -0.25) is 4.79 Å². The first-order valence-corrected chi connectivity index (χ1v) is 7.61. The molecule has 1 aromatic rings. The lowest BCUT2D eigenvalue weighted by Crippen LogP contribution is -2.49. The molecular formula is C16H23ClF2N2O3. The maximum absolute atomic E-state index is 12.6. The largest absolute Gasteiger partial charge is 0.434 e. The number of ether oxygens (including phenoxy) is 2. The number of para-hydroxylation sites is 1. The van der Waals surface area contributed by atoms with Crippen LogP contribution in [0.15, 0.2) is 24.3 Å². The molecule has 0 radical (unpaired) electrons. The van der Waals surface area contributed by atoms with Gasteiger partial charge in [-0.15, -0.1) is 12.4 Å². The monoisotopic (exact) mass is 364 g/mol. The highest BCUT2D eigenvalue weighted by atomic mass is 35.5. The van der Waals surface area contributed by atoms with Crippen molar-refractivity contribution in [3.8, 4) is 5.75 Å². The molecule has 1 aliphatic heterocycles. The van der Waals surface area contributed by atoms with Crippen LogP contribution in [0.1, 0.15) is 31.4 Å². The molecule has 1 aliphatic rings. The normalized spacial score (nSPS) is 17.7. The third-order valence-corrected chi connectivity index (χ3v) is 4.27. The fourth-order valence-electron chi connectivity index (χ4n) is 2.76. The summed E-state index contributed by atoms with van der Waals surface area (Å²) >= 11 is 0. The first-order valence-electron chi connectivity index (χ1n) is 7.61. The maximum Gasteiger partial charge on any atom is 0.387 e. The van der Waals surface area contributed by atoms with Gasteiger partial charge in [-0.2, -0.15) is 8.78 Å². The molecule has 24 heavy (non-hydrogen) atoms. The molecule has 0 aromatic heterocycles. The van der Waals surface area contributed by atoms with Crippen LogP contribution in [-0.4, -0.2) is 32.3 Å². The second-order valence-electron chi connectivity index (χ2n) is 5.71. The molecule has 0 bridgehead atoms. The van der Waals surface area contributed by atoms with Crippen LogP contribution in [-0.2, 0) is 9.53 Å². The van der Waals surface area contributed by atoms with Gasteiger partial charge in [-0.1, -0.05) is 18.2 Å². The van der Waals surface area contributed by atoms with Crippen molar-refractivity contribution in [1.82, 2.24) is 5.32 Å². The Balaban J connectivity index is 0.00000288. The number of carbonyl (C=O) groups excluding carboxylic acids is 1. The number of benzene rings is 1. The van der Waals surface area contributed by atoms with Crippen molar-refractivity contribution in [2.24, 2.45) is 11.1 Å². The molecule has 0 aliphatic carbocycles. The van der Waals surface area contributed by atoms with Crippen LogP contribution in [0.25, 0.3) is 0 Å². The number of hydrogen-bond donors (Lipinski definition) is 2. The smallest absolute Gasteiger partial charge is 0.387 e. The Kier molecular flexibility index (Phi) is 7.86. The highest BCUT2D eigenvalue weighted by Crippen LogP contribution is 2.32. The van der Waals surface area contributed by atoms with E-state index in [1.807, 2.05) is 0 Å². The fraction of sp³-hybridized carbons (Fsp3) is 0.562. The average molecular weight is 365 g/mol. The number of rotatable bonds is 6. The third kappa shape index (κ3) is 4.78. The number of alkyl halides is 2. The lowest BCUT2D eigenvalue weighted by molar-refractivity contribution is -0.136. The van der Waals surface area contributed by atoms with Crippen LogP contribution in [0.4, 0.5) is 8.78 Å². The van der Waals surface area contributed by atoms with E-state index in [4.69, 9.17) is 10.5 Å². The standard InChI is InChI=1S/C16H22F2N2O3.ClH/c1-11(12-4-2-3-5-13(12)23-15(17)18)20-14(21)16(10-19)6-8-22-9-7-16;/h2-5,11,15H,6-10,19H2,1H3,(H,20,21);1H. The van der Waals surface area contributed by atoms with Crippen molar-refractivity contribution in [2.45, 2.75) is 32.4 Å². The van der Waals surface area contributed by atoms with E-state index in [9.17, 15) is 13.6 Å². The molecule has 0 saturated carbocycles. The Morgan fingerprint density at radius 1 is 1.38 bits per heavy atom. The summed E-state index contributed by atoms with van der Waals surface area (Å²) in [5.41, 5.74) is 5.65. The molecule has 2 rings (SSSR count). The number of carbonyl (C=O) groups is 1. The zero-order chi connectivity index (χ0) is 16.9. The summed E-state index contributed by atoms with van der Waals surface area (Å²) in [6, 6.07) is 5.96. The van der Waals surface area contributed by atoms with Crippen LogP contribution in [0.2, 0.25) is 0 Å². The van der Waals surface area contributed by atoms with E-state index in [0.29, 0.717) is 31.6 Å². The maximum atomic E-state index is 12.6. The molecular weight excluding hydrogens is 342 g/mol. The van der Waals surface area contributed by atoms with Crippen LogP contribution >= 0.6 is 12.4 Å². The summed E-state index contributed by atoms with van der Waals surface area (Å²) in [7, 11) is 0. The predicted octanol–water partition coefficient (Wildman–Crippen LogP) is 2.64. The molecule has 1 atom stereocenters. The fourth-order valence-corrected chi connectivity index (χ4v) is 2.76. The van der Waals surface area contributed by atoms with Crippen molar-refractivity contribution in [3.05, 3.63) is 29.8 Å². The second kappa shape index (κ2) is 9.15. The SMILES string of the molecule is CC(NC(=O)C1(CN)CCOCC1)c1ccccc1OC(F)F.Cl. The Morgan fingerprint density at radius 2 is 2.00 bits per heavy atom. The molecule has 1 heterocycles. The van der Waals surface area contributed by atoms with Gasteiger partial charge in [0.25, 0.3) is 0 Å². The number of hydrogen-bond acceptors (Lipinski definition) is 4. The van der Waals surface area contributed by atoms with E-state index in [0.717, 1.165) is 0 Å². The summed E-state index contributed by atoms with van der Waals surface area (Å²) in [6.07, 6.45) is 1.11. The van der Waals surface area contributed by atoms with Gasteiger partial charge < -0.3 is 20.5 Å². The van der Waals surface area contributed by atoms with Crippen LogP contribution in [0.3, 0.4) is 0 Å². The van der Waals surface area contributed by atoms with Gasteiger partial charge in [0.15, 0.2) is 0 Å². The highest BCUT2D eigenvalue weighted by Gasteiger charge is 2.39. The van der Waals surface area contributed by atoms with Gasteiger partial charge in [0.1, 0.15) is 5.75 Å². The molecule has 5 nitrogen and oxygen atoms in total.